The Labute approximate surface area is 133 Å². The monoisotopic (exact) mass is 298 g/mol. The Morgan fingerprint density at radius 1 is 1.27 bits per heavy atom. The van der Waals surface area contributed by atoms with Crippen LogP contribution in [-0.2, 0) is 6.54 Å². The molecule has 1 atom stereocenters. The summed E-state index contributed by atoms with van der Waals surface area (Å²) in [4.78, 5) is 2.53. The van der Waals surface area contributed by atoms with E-state index in [1.54, 1.807) is 0 Å². The number of benzene rings is 1. The van der Waals surface area contributed by atoms with Crippen LogP contribution in [0.25, 0.3) is 0 Å². The summed E-state index contributed by atoms with van der Waals surface area (Å²) in [6.45, 7) is 10.8. The van der Waals surface area contributed by atoms with Gasteiger partial charge in [-0.3, -0.25) is 4.90 Å². The molecule has 0 aliphatic carbocycles. The van der Waals surface area contributed by atoms with Crippen molar-refractivity contribution in [1.29, 1.82) is 0 Å². The number of aryl methyl sites for hydroxylation is 2. The maximum atomic E-state index is 5.64. The van der Waals surface area contributed by atoms with Crippen LogP contribution in [-0.4, -0.2) is 16.6 Å². The van der Waals surface area contributed by atoms with Gasteiger partial charge in [-0.15, -0.1) is 0 Å². The Morgan fingerprint density at radius 2 is 2.09 bits per heavy atom. The molecule has 3 nitrogen and oxygen atoms in total. The molecule has 0 amide bonds. The van der Waals surface area contributed by atoms with Crippen LogP contribution in [0.15, 0.2) is 28.8 Å². The number of hydrogen-bond acceptors (Lipinski definition) is 3. The van der Waals surface area contributed by atoms with Gasteiger partial charge in [0.05, 0.1) is 11.7 Å². The highest BCUT2D eigenvalue weighted by molar-refractivity contribution is 5.30. The lowest BCUT2D eigenvalue weighted by atomic mass is 10.0. The average Bonchev–Trinajstić information content (AvgIpc) is 3.10. The molecule has 1 aliphatic heterocycles. The molecule has 0 N–H and O–H groups in total. The zero-order chi connectivity index (χ0) is 15.7. The first-order valence-corrected chi connectivity index (χ1v) is 8.31. The van der Waals surface area contributed by atoms with E-state index in [2.05, 4.69) is 62.0 Å². The number of rotatable bonds is 4. The first kappa shape index (κ1) is 15.3. The lowest BCUT2D eigenvalue weighted by molar-refractivity contribution is 0.206. The van der Waals surface area contributed by atoms with Gasteiger partial charge in [0.2, 0.25) is 0 Å². The summed E-state index contributed by atoms with van der Waals surface area (Å²) in [7, 11) is 0. The highest BCUT2D eigenvalue weighted by Gasteiger charge is 2.29. The predicted octanol–water partition coefficient (Wildman–Crippen LogP) is 4.75. The fourth-order valence-electron chi connectivity index (χ4n) is 3.31. The highest BCUT2D eigenvalue weighted by atomic mass is 16.5. The van der Waals surface area contributed by atoms with Gasteiger partial charge in [-0.25, -0.2) is 0 Å². The molecule has 2 heterocycles. The molecule has 3 heteroatoms. The summed E-state index contributed by atoms with van der Waals surface area (Å²) in [5.74, 6) is 1.46. The molecular formula is C19H26N2O. The second kappa shape index (κ2) is 6.25. The van der Waals surface area contributed by atoms with Crippen molar-refractivity contribution in [2.24, 2.45) is 0 Å². The Kier molecular flexibility index (Phi) is 4.34. The standard InChI is InChI=1S/C19H26N2O/c1-13(2)17-11-19(22-20-17)18-6-5-9-21(18)12-16-8-7-14(3)10-15(16)4/h7-8,10-11,13,18H,5-6,9,12H2,1-4H3. The number of aromatic nitrogens is 1. The topological polar surface area (TPSA) is 29.3 Å². The zero-order valence-corrected chi connectivity index (χ0v) is 14.1. The minimum absolute atomic E-state index is 0.376. The third kappa shape index (κ3) is 3.09. The normalized spacial score (nSPS) is 19.2. The molecule has 1 aromatic heterocycles. The van der Waals surface area contributed by atoms with E-state index in [0.29, 0.717) is 12.0 Å². The zero-order valence-electron chi connectivity index (χ0n) is 14.1. The van der Waals surface area contributed by atoms with Gasteiger partial charge < -0.3 is 4.52 Å². The third-order valence-corrected chi connectivity index (χ3v) is 4.70. The van der Waals surface area contributed by atoms with Crippen molar-refractivity contribution in [3.63, 3.8) is 0 Å². The second-order valence-corrected chi connectivity index (χ2v) is 6.87. The molecule has 1 fully saturated rings. The van der Waals surface area contributed by atoms with E-state index in [0.717, 1.165) is 31.0 Å². The van der Waals surface area contributed by atoms with Gasteiger partial charge in [0.15, 0.2) is 5.76 Å². The van der Waals surface area contributed by atoms with Crippen molar-refractivity contribution in [3.05, 3.63) is 52.4 Å². The average molecular weight is 298 g/mol. The molecule has 3 rings (SSSR count). The molecule has 1 unspecified atom stereocenters. The maximum Gasteiger partial charge on any atom is 0.154 e. The van der Waals surface area contributed by atoms with Gasteiger partial charge in [-0.1, -0.05) is 42.8 Å². The highest BCUT2D eigenvalue weighted by Crippen LogP contribution is 2.34. The molecule has 1 aromatic carbocycles. The molecule has 1 aliphatic rings. The maximum absolute atomic E-state index is 5.64. The van der Waals surface area contributed by atoms with Crippen molar-refractivity contribution in [2.75, 3.05) is 6.54 Å². The molecule has 22 heavy (non-hydrogen) atoms. The van der Waals surface area contributed by atoms with E-state index in [4.69, 9.17) is 4.52 Å². The number of hydrogen-bond donors (Lipinski definition) is 0. The Hall–Kier alpha value is -1.61. The largest absolute Gasteiger partial charge is 0.359 e. The van der Waals surface area contributed by atoms with Crippen LogP contribution in [0.5, 0.6) is 0 Å². The fraction of sp³-hybridized carbons (Fsp3) is 0.526. The Morgan fingerprint density at radius 3 is 2.77 bits per heavy atom. The SMILES string of the molecule is Cc1ccc(CN2CCCC2c2cc(C(C)C)no2)c(C)c1. The second-order valence-electron chi connectivity index (χ2n) is 6.87. The smallest absolute Gasteiger partial charge is 0.154 e. The van der Waals surface area contributed by atoms with Gasteiger partial charge >= 0.3 is 0 Å². The molecule has 1 saturated heterocycles. The first-order valence-electron chi connectivity index (χ1n) is 8.31. The van der Waals surface area contributed by atoms with Crippen molar-refractivity contribution >= 4 is 0 Å². The van der Waals surface area contributed by atoms with Gasteiger partial charge in [-0.05, 0) is 50.3 Å². The van der Waals surface area contributed by atoms with Crippen molar-refractivity contribution in [2.45, 2.75) is 59.0 Å². The van der Waals surface area contributed by atoms with Gasteiger partial charge in [0, 0.05) is 12.6 Å². The summed E-state index contributed by atoms with van der Waals surface area (Å²) in [5, 5.41) is 4.23. The summed E-state index contributed by atoms with van der Waals surface area (Å²) in [6.07, 6.45) is 2.39. The van der Waals surface area contributed by atoms with E-state index >= 15 is 0 Å². The van der Waals surface area contributed by atoms with E-state index in [-0.39, 0.29) is 0 Å². The molecule has 0 bridgehead atoms. The van der Waals surface area contributed by atoms with Crippen LogP contribution in [0, 0.1) is 13.8 Å². The summed E-state index contributed by atoms with van der Waals surface area (Å²) < 4.78 is 5.64. The van der Waals surface area contributed by atoms with Crippen LogP contribution < -0.4 is 0 Å². The van der Waals surface area contributed by atoms with Crippen molar-refractivity contribution < 1.29 is 4.52 Å². The van der Waals surface area contributed by atoms with Gasteiger partial charge in [0.25, 0.3) is 0 Å². The Bertz CT molecular complexity index is 645. The number of likely N-dealkylation sites (tertiary alicyclic amines) is 1. The summed E-state index contributed by atoms with van der Waals surface area (Å²) in [5.41, 5.74) is 5.19. The van der Waals surface area contributed by atoms with Gasteiger partial charge in [-0.2, -0.15) is 0 Å². The molecule has 118 valence electrons. The van der Waals surface area contributed by atoms with Crippen molar-refractivity contribution in [3.8, 4) is 0 Å². The molecule has 0 radical (unpaired) electrons. The first-order chi connectivity index (χ1) is 10.5. The lowest BCUT2D eigenvalue weighted by Gasteiger charge is -2.23. The van der Waals surface area contributed by atoms with Crippen LogP contribution in [0.2, 0.25) is 0 Å². The molecular weight excluding hydrogens is 272 g/mol. The van der Waals surface area contributed by atoms with E-state index in [1.165, 1.54) is 23.1 Å². The molecule has 2 aromatic rings. The fourth-order valence-corrected chi connectivity index (χ4v) is 3.31. The van der Waals surface area contributed by atoms with Gasteiger partial charge in [0.1, 0.15) is 0 Å². The van der Waals surface area contributed by atoms with E-state index in [9.17, 15) is 0 Å². The minimum Gasteiger partial charge on any atom is -0.359 e. The van der Waals surface area contributed by atoms with Crippen molar-refractivity contribution in [1.82, 2.24) is 10.1 Å². The third-order valence-electron chi connectivity index (χ3n) is 4.70. The number of nitrogens with zero attached hydrogens (tertiary/aromatic N) is 2. The van der Waals surface area contributed by atoms with E-state index < -0.39 is 0 Å². The summed E-state index contributed by atoms with van der Waals surface area (Å²) in [6, 6.07) is 9.26. The van der Waals surface area contributed by atoms with Crippen LogP contribution in [0.3, 0.4) is 0 Å². The quantitative estimate of drug-likeness (QED) is 0.815. The lowest BCUT2D eigenvalue weighted by Crippen LogP contribution is -2.23. The minimum atomic E-state index is 0.376. The summed E-state index contributed by atoms with van der Waals surface area (Å²) >= 11 is 0. The van der Waals surface area contributed by atoms with Crippen LogP contribution >= 0.6 is 0 Å². The molecule has 0 spiro atoms. The molecule has 0 saturated carbocycles. The predicted molar refractivity (Wildman–Crippen MR) is 88.9 cm³/mol. The van der Waals surface area contributed by atoms with Crippen LogP contribution in [0.1, 0.15) is 66.8 Å². The van der Waals surface area contributed by atoms with Crippen LogP contribution in [0.4, 0.5) is 0 Å². The van der Waals surface area contributed by atoms with E-state index in [1.807, 2.05) is 0 Å². The Balaban J connectivity index is 1.77.